The van der Waals surface area contributed by atoms with Crippen LogP contribution in [-0.2, 0) is 4.79 Å². The average molecular weight is 233 g/mol. The lowest BCUT2D eigenvalue weighted by Gasteiger charge is -2.17. The summed E-state index contributed by atoms with van der Waals surface area (Å²) >= 11 is 0. The molecular formula is C14H19NO2. The van der Waals surface area contributed by atoms with Gasteiger partial charge in [-0.15, -0.1) is 0 Å². The van der Waals surface area contributed by atoms with Gasteiger partial charge < -0.3 is 10.4 Å². The first-order valence-electron chi connectivity index (χ1n) is 6.11. The molecule has 0 heterocycles. The van der Waals surface area contributed by atoms with Crippen molar-refractivity contribution in [3.8, 4) is 0 Å². The van der Waals surface area contributed by atoms with E-state index in [-0.39, 0.29) is 0 Å². The molecule has 1 aromatic carbocycles. The summed E-state index contributed by atoms with van der Waals surface area (Å²) in [6.07, 6.45) is 1.58. The van der Waals surface area contributed by atoms with Crippen molar-refractivity contribution in [1.82, 2.24) is 0 Å². The summed E-state index contributed by atoms with van der Waals surface area (Å²) in [5.74, 6) is -0.231. The molecule has 0 unspecified atom stereocenters. The van der Waals surface area contributed by atoms with Gasteiger partial charge in [-0.2, -0.15) is 0 Å². The van der Waals surface area contributed by atoms with Crippen LogP contribution in [0.1, 0.15) is 38.2 Å². The Balaban J connectivity index is 2.07. The Kier molecular flexibility index (Phi) is 3.09. The van der Waals surface area contributed by atoms with Crippen LogP contribution < -0.4 is 5.32 Å². The molecule has 0 bridgehead atoms. The van der Waals surface area contributed by atoms with Crippen LogP contribution in [0, 0.1) is 5.41 Å². The number of nitrogens with one attached hydrogen (secondary N) is 1. The Bertz CT molecular complexity index is 422. The molecule has 0 aliphatic heterocycles. The highest BCUT2D eigenvalue weighted by Crippen LogP contribution is 2.46. The van der Waals surface area contributed by atoms with Crippen LogP contribution in [-0.4, -0.2) is 17.6 Å². The molecule has 17 heavy (non-hydrogen) atoms. The SMILES string of the molecule is CC(C)c1ccccc1NCC1(C(=O)O)CC1. The van der Waals surface area contributed by atoms with Gasteiger partial charge in [-0.25, -0.2) is 0 Å². The van der Waals surface area contributed by atoms with Crippen LogP contribution in [0.5, 0.6) is 0 Å². The predicted octanol–water partition coefficient (Wildman–Crippen LogP) is 3.09. The molecule has 0 saturated heterocycles. The molecule has 0 radical (unpaired) electrons. The van der Waals surface area contributed by atoms with Gasteiger partial charge in [0.05, 0.1) is 5.41 Å². The standard InChI is InChI=1S/C14H19NO2/c1-10(2)11-5-3-4-6-12(11)15-9-14(7-8-14)13(16)17/h3-6,10,15H,7-9H2,1-2H3,(H,16,17). The van der Waals surface area contributed by atoms with E-state index in [1.807, 2.05) is 18.2 Å². The van der Waals surface area contributed by atoms with Crippen LogP contribution >= 0.6 is 0 Å². The highest BCUT2D eigenvalue weighted by atomic mass is 16.4. The fourth-order valence-corrected chi connectivity index (χ4v) is 2.04. The Labute approximate surface area is 102 Å². The van der Waals surface area contributed by atoms with Crippen molar-refractivity contribution >= 4 is 11.7 Å². The molecule has 3 nitrogen and oxygen atoms in total. The smallest absolute Gasteiger partial charge is 0.311 e. The van der Waals surface area contributed by atoms with Crippen LogP contribution in [0.4, 0.5) is 5.69 Å². The molecule has 92 valence electrons. The van der Waals surface area contributed by atoms with Gasteiger partial charge in [0.15, 0.2) is 0 Å². The molecule has 2 N–H and O–H groups in total. The molecule has 2 rings (SSSR count). The van der Waals surface area contributed by atoms with E-state index < -0.39 is 11.4 Å². The van der Waals surface area contributed by atoms with E-state index in [1.54, 1.807) is 0 Å². The summed E-state index contributed by atoms with van der Waals surface area (Å²) in [6.45, 7) is 4.82. The quantitative estimate of drug-likeness (QED) is 0.821. The fourth-order valence-electron chi connectivity index (χ4n) is 2.04. The zero-order valence-electron chi connectivity index (χ0n) is 10.4. The van der Waals surface area contributed by atoms with Crippen LogP contribution in [0.15, 0.2) is 24.3 Å². The molecule has 0 spiro atoms. The van der Waals surface area contributed by atoms with E-state index in [4.69, 9.17) is 5.11 Å². The van der Waals surface area contributed by atoms with Gasteiger partial charge >= 0.3 is 5.97 Å². The van der Waals surface area contributed by atoms with E-state index in [0.29, 0.717) is 12.5 Å². The van der Waals surface area contributed by atoms with E-state index in [1.165, 1.54) is 5.56 Å². The number of hydrogen-bond donors (Lipinski definition) is 2. The van der Waals surface area contributed by atoms with Crippen LogP contribution in [0.3, 0.4) is 0 Å². The first kappa shape index (κ1) is 12.0. The number of aliphatic carboxylic acids is 1. The van der Waals surface area contributed by atoms with Crippen LogP contribution in [0.25, 0.3) is 0 Å². The number of para-hydroxylation sites is 1. The first-order valence-corrected chi connectivity index (χ1v) is 6.11. The van der Waals surface area contributed by atoms with E-state index >= 15 is 0 Å². The van der Waals surface area contributed by atoms with Crippen molar-refractivity contribution in [3.63, 3.8) is 0 Å². The highest BCUT2D eigenvalue weighted by molar-refractivity contribution is 5.78. The largest absolute Gasteiger partial charge is 0.481 e. The number of hydrogen-bond acceptors (Lipinski definition) is 2. The Morgan fingerprint density at radius 3 is 2.59 bits per heavy atom. The molecule has 1 aliphatic rings. The fraction of sp³-hybridized carbons (Fsp3) is 0.500. The van der Waals surface area contributed by atoms with Gasteiger partial charge in [0.2, 0.25) is 0 Å². The lowest BCUT2D eigenvalue weighted by atomic mass is 10.0. The third-order valence-corrected chi connectivity index (χ3v) is 3.51. The number of carboxylic acids is 1. The molecule has 0 amide bonds. The van der Waals surface area contributed by atoms with Crippen molar-refractivity contribution in [1.29, 1.82) is 0 Å². The summed E-state index contributed by atoms with van der Waals surface area (Å²) in [7, 11) is 0. The summed E-state index contributed by atoms with van der Waals surface area (Å²) in [6, 6.07) is 8.11. The first-order chi connectivity index (χ1) is 8.05. The van der Waals surface area contributed by atoms with Gasteiger partial charge in [0, 0.05) is 12.2 Å². The van der Waals surface area contributed by atoms with Crippen molar-refractivity contribution in [2.45, 2.75) is 32.6 Å². The molecule has 3 heteroatoms. The molecule has 1 aromatic rings. The Morgan fingerprint density at radius 1 is 1.41 bits per heavy atom. The van der Waals surface area contributed by atoms with Crippen molar-refractivity contribution in [2.75, 3.05) is 11.9 Å². The third kappa shape index (κ3) is 2.43. The summed E-state index contributed by atoms with van der Waals surface area (Å²) in [5.41, 5.74) is 1.80. The van der Waals surface area contributed by atoms with E-state index in [9.17, 15) is 4.79 Å². The Morgan fingerprint density at radius 2 is 2.06 bits per heavy atom. The summed E-state index contributed by atoms with van der Waals surface area (Å²) < 4.78 is 0. The minimum Gasteiger partial charge on any atom is -0.481 e. The molecule has 1 saturated carbocycles. The van der Waals surface area contributed by atoms with Gasteiger partial charge in [-0.05, 0) is 30.4 Å². The topological polar surface area (TPSA) is 49.3 Å². The van der Waals surface area contributed by atoms with Crippen LogP contribution in [0.2, 0.25) is 0 Å². The van der Waals surface area contributed by atoms with Crippen molar-refractivity contribution < 1.29 is 9.90 Å². The van der Waals surface area contributed by atoms with E-state index in [2.05, 4.69) is 25.2 Å². The lowest BCUT2D eigenvalue weighted by molar-refractivity contribution is -0.142. The third-order valence-electron chi connectivity index (χ3n) is 3.51. The second kappa shape index (κ2) is 4.40. The number of benzene rings is 1. The molecule has 0 aromatic heterocycles. The number of anilines is 1. The molecular weight excluding hydrogens is 214 g/mol. The maximum absolute atomic E-state index is 11.1. The highest BCUT2D eigenvalue weighted by Gasteiger charge is 2.50. The zero-order valence-corrected chi connectivity index (χ0v) is 10.4. The van der Waals surface area contributed by atoms with Crippen molar-refractivity contribution in [3.05, 3.63) is 29.8 Å². The van der Waals surface area contributed by atoms with Gasteiger partial charge in [-0.1, -0.05) is 32.0 Å². The Hall–Kier alpha value is -1.51. The van der Waals surface area contributed by atoms with E-state index in [0.717, 1.165) is 18.5 Å². The molecule has 0 atom stereocenters. The lowest BCUT2D eigenvalue weighted by Crippen LogP contribution is -2.24. The van der Waals surface area contributed by atoms with Gasteiger partial charge in [-0.3, -0.25) is 4.79 Å². The monoisotopic (exact) mass is 233 g/mol. The van der Waals surface area contributed by atoms with Gasteiger partial charge in [0.1, 0.15) is 0 Å². The van der Waals surface area contributed by atoms with Crippen molar-refractivity contribution in [2.24, 2.45) is 5.41 Å². The molecule has 1 fully saturated rings. The zero-order chi connectivity index (χ0) is 12.5. The maximum atomic E-state index is 11.1. The predicted molar refractivity (Wildman–Crippen MR) is 68.3 cm³/mol. The number of carbonyl (C=O) groups is 1. The maximum Gasteiger partial charge on any atom is 0.311 e. The summed E-state index contributed by atoms with van der Waals surface area (Å²) in [5, 5.41) is 12.4. The minimum absolute atomic E-state index is 0.443. The summed E-state index contributed by atoms with van der Waals surface area (Å²) in [4.78, 5) is 11.1. The number of rotatable bonds is 5. The normalized spacial score (nSPS) is 16.9. The molecule has 1 aliphatic carbocycles. The second-order valence-corrected chi connectivity index (χ2v) is 5.18. The van der Waals surface area contributed by atoms with Gasteiger partial charge in [0.25, 0.3) is 0 Å². The second-order valence-electron chi connectivity index (χ2n) is 5.18. The average Bonchev–Trinajstić information content (AvgIpc) is 3.07. The minimum atomic E-state index is -0.674. The number of carboxylic acid groups (broad SMARTS) is 1.